The average molecular weight is 208 g/mol. The molecular weight excluding hydrogens is 192 g/mol. The zero-order chi connectivity index (χ0) is 10.7. The van der Waals surface area contributed by atoms with Crippen LogP contribution in [0.15, 0.2) is 12.4 Å². The lowest BCUT2D eigenvalue weighted by atomic mass is 10.0. The molecule has 2 rings (SSSR count). The highest BCUT2D eigenvalue weighted by atomic mass is 16.2. The lowest BCUT2D eigenvalue weighted by molar-refractivity contribution is -0.126. The molecule has 1 aliphatic heterocycles. The lowest BCUT2D eigenvalue weighted by Crippen LogP contribution is -2.51. The number of rotatable bonds is 4. The second-order valence-corrected chi connectivity index (χ2v) is 3.93. The fraction of sp³-hybridized carbons (Fsp3) is 0.600. The van der Waals surface area contributed by atoms with Crippen molar-refractivity contribution in [2.24, 2.45) is 5.92 Å². The molecule has 15 heavy (non-hydrogen) atoms. The van der Waals surface area contributed by atoms with Gasteiger partial charge < -0.3 is 10.6 Å². The van der Waals surface area contributed by atoms with E-state index in [0.717, 1.165) is 25.2 Å². The van der Waals surface area contributed by atoms with Crippen molar-refractivity contribution >= 4 is 5.91 Å². The summed E-state index contributed by atoms with van der Waals surface area (Å²) >= 11 is 0. The minimum absolute atomic E-state index is 0.151. The van der Waals surface area contributed by atoms with Crippen LogP contribution in [0.3, 0.4) is 0 Å². The molecule has 0 atom stereocenters. The third kappa shape index (κ3) is 2.56. The normalized spacial score (nSPS) is 16.1. The summed E-state index contributed by atoms with van der Waals surface area (Å²) in [6, 6.07) is 0. The first-order valence-electron chi connectivity index (χ1n) is 5.23. The third-order valence-corrected chi connectivity index (χ3v) is 2.55. The summed E-state index contributed by atoms with van der Waals surface area (Å²) in [4.78, 5) is 11.4. The Morgan fingerprint density at radius 2 is 2.53 bits per heavy atom. The predicted octanol–water partition coefficient (Wildman–Crippen LogP) is -0.473. The van der Waals surface area contributed by atoms with Crippen molar-refractivity contribution in [1.29, 1.82) is 0 Å². The van der Waals surface area contributed by atoms with Gasteiger partial charge in [-0.05, 0) is 12.5 Å². The van der Waals surface area contributed by atoms with E-state index >= 15 is 0 Å². The number of carbonyl (C=O) groups is 1. The molecule has 1 fully saturated rings. The Balaban J connectivity index is 1.68. The molecule has 0 aliphatic carbocycles. The van der Waals surface area contributed by atoms with Crippen molar-refractivity contribution in [3.63, 3.8) is 0 Å². The Labute approximate surface area is 88.8 Å². The molecule has 5 nitrogen and oxygen atoms in total. The largest absolute Gasteiger partial charge is 0.354 e. The molecule has 0 aromatic carbocycles. The van der Waals surface area contributed by atoms with Gasteiger partial charge in [0.15, 0.2) is 0 Å². The van der Waals surface area contributed by atoms with Crippen LogP contribution < -0.4 is 10.6 Å². The average Bonchev–Trinajstić information content (AvgIpc) is 2.48. The molecule has 2 heterocycles. The Morgan fingerprint density at radius 1 is 1.73 bits per heavy atom. The number of amides is 1. The molecule has 82 valence electrons. The highest BCUT2D eigenvalue weighted by molar-refractivity contribution is 5.79. The van der Waals surface area contributed by atoms with E-state index in [1.165, 1.54) is 0 Å². The molecule has 1 saturated heterocycles. The summed E-state index contributed by atoms with van der Waals surface area (Å²) in [5.74, 6) is 0.321. The molecule has 2 N–H and O–H groups in total. The number of aromatic nitrogens is 2. The molecule has 0 saturated carbocycles. The van der Waals surface area contributed by atoms with Gasteiger partial charge in [-0.15, -0.1) is 0 Å². The molecular formula is C10H16N4O. The van der Waals surface area contributed by atoms with Crippen molar-refractivity contribution < 1.29 is 4.79 Å². The van der Waals surface area contributed by atoms with Gasteiger partial charge in [0.05, 0.1) is 18.7 Å². The van der Waals surface area contributed by atoms with Gasteiger partial charge in [-0.2, -0.15) is 5.10 Å². The van der Waals surface area contributed by atoms with Crippen LogP contribution in [0, 0.1) is 12.8 Å². The van der Waals surface area contributed by atoms with Crippen molar-refractivity contribution in [3.05, 3.63) is 18.0 Å². The Morgan fingerprint density at radius 3 is 3.07 bits per heavy atom. The van der Waals surface area contributed by atoms with Gasteiger partial charge in [0.2, 0.25) is 5.91 Å². The van der Waals surface area contributed by atoms with Crippen LogP contribution in [-0.2, 0) is 11.3 Å². The Bertz CT molecular complexity index is 343. The standard InChI is InChI=1S/C10H16N4O/c1-8-4-13-14(7-8)3-2-12-10(15)9-5-11-6-9/h4,7,9,11H,2-3,5-6H2,1H3,(H,12,15). The van der Waals surface area contributed by atoms with Gasteiger partial charge in [-0.3, -0.25) is 9.48 Å². The van der Waals surface area contributed by atoms with E-state index in [1.807, 2.05) is 24.0 Å². The lowest BCUT2D eigenvalue weighted by Gasteiger charge is -2.25. The third-order valence-electron chi connectivity index (χ3n) is 2.55. The van der Waals surface area contributed by atoms with E-state index in [4.69, 9.17) is 0 Å². The molecule has 0 bridgehead atoms. The minimum Gasteiger partial charge on any atom is -0.354 e. The van der Waals surface area contributed by atoms with Gasteiger partial charge >= 0.3 is 0 Å². The van der Waals surface area contributed by atoms with Crippen LogP contribution in [0.5, 0.6) is 0 Å². The second-order valence-electron chi connectivity index (χ2n) is 3.93. The molecule has 1 aliphatic rings. The van der Waals surface area contributed by atoms with Crippen molar-refractivity contribution in [3.8, 4) is 0 Å². The van der Waals surface area contributed by atoms with Crippen LogP contribution >= 0.6 is 0 Å². The smallest absolute Gasteiger partial charge is 0.225 e. The summed E-state index contributed by atoms with van der Waals surface area (Å²) in [5, 5.41) is 10.1. The first-order chi connectivity index (χ1) is 7.25. The van der Waals surface area contributed by atoms with E-state index in [-0.39, 0.29) is 11.8 Å². The minimum atomic E-state index is 0.151. The van der Waals surface area contributed by atoms with Gasteiger partial charge in [-0.1, -0.05) is 0 Å². The first-order valence-corrected chi connectivity index (χ1v) is 5.23. The van der Waals surface area contributed by atoms with Crippen LogP contribution in [0.1, 0.15) is 5.56 Å². The molecule has 1 amide bonds. The molecule has 1 aromatic heterocycles. The topological polar surface area (TPSA) is 59.0 Å². The summed E-state index contributed by atoms with van der Waals surface area (Å²) in [6.07, 6.45) is 3.79. The fourth-order valence-electron chi connectivity index (χ4n) is 1.50. The Hall–Kier alpha value is -1.36. The van der Waals surface area contributed by atoms with Crippen molar-refractivity contribution in [1.82, 2.24) is 20.4 Å². The number of carbonyl (C=O) groups excluding carboxylic acids is 1. The maximum atomic E-state index is 11.4. The van der Waals surface area contributed by atoms with E-state index in [2.05, 4.69) is 15.7 Å². The van der Waals surface area contributed by atoms with E-state index in [1.54, 1.807) is 0 Å². The van der Waals surface area contributed by atoms with Gasteiger partial charge in [0.1, 0.15) is 0 Å². The molecule has 5 heteroatoms. The number of nitrogens with one attached hydrogen (secondary N) is 2. The molecule has 1 aromatic rings. The summed E-state index contributed by atoms with van der Waals surface area (Å²) in [7, 11) is 0. The number of aryl methyl sites for hydroxylation is 1. The maximum Gasteiger partial charge on any atom is 0.225 e. The molecule has 0 radical (unpaired) electrons. The number of nitrogens with zero attached hydrogens (tertiary/aromatic N) is 2. The zero-order valence-electron chi connectivity index (χ0n) is 8.86. The first kappa shape index (κ1) is 10.2. The highest BCUT2D eigenvalue weighted by Crippen LogP contribution is 2.01. The maximum absolute atomic E-state index is 11.4. The van der Waals surface area contributed by atoms with Gasteiger partial charge in [0.25, 0.3) is 0 Å². The van der Waals surface area contributed by atoms with E-state index in [9.17, 15) is 4.79 Å². The summed E-state index contributed by atoms with van der Waals surface area (Å²) in [5.41, 5.74) is 1.14. The number of hydrogen-bond acceptors (Lipinski definition) is 3. The zero-order valence-corrected chi connectivity index (χ0v) is 8.86. The second kappa shape index (κ2) is 4.44. The summed E-state index contributed by atoms with van der Waals surface area (Å²) in [6.45, 7) is 5.01. The highest BCUT2D eigenvalue weighted by Gasteiger charge is 2.23. The fourth-order valence-corrected chi connectivity index (χ4v) is 1.50. The van der Waals surface area contributed by atoms with Gasteiger partial charge in [-0.25, -0.2) is 0 Å². The van der Waals surface area contributed by atoms with E-state index < -0.39 is 0 Å². The van der Waals surface area contributed by atoms with E-state index in [0.29, 0.717) is 6.54 Å². The van der Waals surface area contributed by atoms with Crippen LogP contribution in [0.25, 0.3) is 0 Å². The van der Waals surface area contributed by atoms with Gasteiger partial charge in [0, 0.05) is 25.8 Å². The van der Waals surface area contributed by atoms with Crippen molar-refractivity contribution in [2.45, 2.75) is 13.5 Å². The van der Waals surface area contributed by atoms with Crippen LogP contribution in [0.2, 0.25) is 0 Å². The Kier molecular flexibility index (Phi) is 3.01. The van der Waals surface area contributed by atoms with Crippen LogP contribution in [-0.4, -0.2) is 35.3 Å². The van der Waals surface area contributed by atoms with Crippen LogP contribution in [0.4, 0.5) is 0 Å². The molecule has 0 spiro atoms. The monoisotopic (exact) mass is 208 g/mol. The summed E-state index contributed by atoms with van der Waals surface area (Å²) < 4.78 is 1.84. The SMILES string of the molecule is Cc1cnn(CCNC(=O)C2CNC2)c1. The predicted molar refractivity (Wildman–Crippen MR) is 56.3 cm³/mol. The molecule has 0 unspecified atom stereocenters. The quantitative estimate of drug-likeness (QED) is 0.703. The van der Waals surface area contributed by atoms with Crippen molar-refractivity contribution in [2.75, 3.05) is 19.6 Å². The number of hydrogen-bond donors (Lipinski definition) is 2.